The molecule has 11 heteroatoms. The van der Waals surface area contributed by atoms with Crippen LogP contribution >= 0.6 is 34.5 Å². The molecule has 1 aliphatic heterocycles. The highest BCUT2D eigenvalue weighted by Gasteiger charge is 2.36. The van der Waals surface area contributed by atoms with E-state index in [9.17, 15) is 9.59 Å². The number of methoxy groups -OCH3 is 1. The standard InChI is InChI=1S/C30H26Cl2N2O6S/c1-5-38-27-19(8-7-9-23(27)37-4)26-25(29(36)39-6-2)16(3)33-30-34(26)28(35)24(41-30)15-18-11-13-22(40-18)17-10-12-20(31)21(32)14-17/h7-15,26H,5-6H2,1-4H3/b24-15+/t26-/m1/s1. The van der Waals surface area contributed by atoms with Crippen molar-refractivity contribution < 1.29 is 23.4 Å². The Morgan fingerprint density at radius 3 is 2.63 bits per heavy atom. The summed E-state index contributed by atoms with van der Waals surface area (Å²) in [6.07, 6.45) is 1.65. The summed E-state index contributed by atoms with van der Waals surface area (Å²) in [6.45, 7) is 5.83. The van der Waals surface area contributed by atoms with Crippen molar-refractivity contribution in [1.82, 2.24) is 4.57 Å². The van der Waals surface area contributed by atoms with Crippen LogP contribution in [0, 0.1) is 0 Å². The lowest BCUT2D eigenvalue weighted by Gasteiger charge is -2.26. The van der Waals surface area contributed by atoms with Crippen molar-refractivity contribution in [3.8, 4) is 22.8 Å². The number of aromatic nitrogens is 1. The van der Waals surface area contributed by atoms with E-state index in [0.717, 1.165) is 5.56 Å². The van der Waals surface area contributed by atoms with Crippen molar-refractivity contribution in [3.63, 3.8) is 0 Å². The molecule has 2 aromatic heterocycles. The molecule has 0 saturated heterocycles. The number of halogens is 2. The molecule has 5 rings (SSSR count). The van der Waals surface area contributed by atoms with Crippen LogP contribution in [0.5, 0.6) is 11.5 Å². The molecule has 2 aromatic carbocycles. The van der Waals surface area contributed by atoms with E-state index in [0.29, 0.717) is 60.3 Å². The second kappa shape index (κ2) is 12.0. The second-order valence-electron chi connectivity index (χ2n) is 8.94. The van der Waals surface area contributed by atoms with Crippen LogP contribution in [0.25, 0.3) is 17.4 Å². The van der Waals surface area contributed by atoms with Gasteiger partial charge in [-0.05, 0) is 57.2 Å². The molecule has 0 aliphatic carbocycles. The summed E-state index contributed by atoms with van der Waals surface area (Å²) < 4.78 is 24.8. The summed E-state index contributed by atoms with van der Waals surface area (Å²) in [4.78, 5) is 32.3. The maximum Gasteiger partial charge on any atom is 0.338 e. The summed E-state index contributed by atoms with van der Waals surface area (Å²) in [5.74, 6) is 1.39. The molecule has 0 N–H and O–H groups in total. The lowest BCUT2D eigenvalue weighted by atomic mass is 9.94. The third-order valence-electron chi connectivity index (χ3n) is 6.43. The molecule has 0 bridgehead atoms. The van der Waals surface area contributed by atoms with Crippen LogP contribution in [-0.4, -0.2) is 30.9 Å². The maximum atomic E-state index is 14.0. The van der Waals surface area contributed by atoms with Gasteiger partial charge in [0.05, 0.1) is 46.2 Å². The third kappa shape index (κ3) is 5.45. The number of thiazole rings is 1. The molecule has 0 saturated carbocycles. The van der Waals surface area contributed by atoms with E-state index in [1.807, 2.05) is 13.0 Å². The van der Waals surface area contributed by atoms with Crippen LogP contribution < -0.4 is 24.4 Å². The normalized spacial score (nSPS) is 15.0. The average molecular weight is 614 g/mol. The minimum absolute atomic E-state index is 0.169. The molecule has 3 heterocycles. The average Bonchev–Trinajstić information content (AvgIpc) is 3.54. The first-order chi connectivity index (χ1) is 19.8. The van der Waals surface area contributed by atoms with Gasteiger partial charge < -0.3 is 18.6 Å². The highest BCUT2D eigenvalue weighted by molar-refractivity contribution is 7.07. The van der Waals surface area contributed by atoms with Gasteiger partial charge in [-0.3, -0.25) is 9.36 Å². The summed E-state index contributed by atoms with van der Waals surface area (Å²) in [6, 6.07) is 13.3. The van der Waals surface area contributed by atoms with Gasteiger partial charge in [0.2, 0.25) is 0 Å². The molecular weight excluding hydrogens is 587 g/mol. The number of carbonyl (C=O) groups excluding carboxylic acids is 1. The lowest BCUT2D eigenvalue weighted by molar-refractivity contribution is -0.139. The maximum absolute atomic E-state index is 14.0. The Balaban J connectivity index is 1.68. The predicted octanol–water partition coefficient (Wildman–Crippen LogP) is 5.77. The smallest absolute Gasteiger partial charge is 0.338 e. The van der Waals surface area contributed by atoms with Gasteiger partial charge in [-0.2, -0.15) is 0 Å². The first kappa shape index (κ1) is 28.7. The second-order valence-corrected chi connectivity index (χ2v) is 10.8. The number of esters is 1. The van der Waals surface area contributed by atoms with Crippen LogP contribution in [0.3, 0.4) is 0 Å². The minimum atomic E-state index is -0.854. The van der Waals surface area contributed by atoms with Crippen LogP contribution in [0.4, 0.5) is 0 Å². The third-order valence-corrected chi connectivity index (χ3v) is 8.16. The SMILES string of the molecule is CCOC(=O)C1=C(C)N=c2s/c(=C/c3ccc(-c4ccc(Cl)c(Cl)c4)o3)c(=O)n2[C@@H]1c1cccc(OC)c1OCC. The summed E-state index contributed by atoms with van der Waals surface area (Å²) in [7, 11) is 1.54. The zero-order valence-corrected chi connectivity index (χ0v) is 25.0. The van der Waals surface area contributed by atoms with Crippen LogP contribution in [0.1, 0.15) is 38.1 Å². The number of ether oxygens (including phenoxy) is 3. The predicted molar refractivity (Wildman–Crippen MR) is 159 cm³/mol. The number of furan rings is 1. The number of para-hydroxylation sites is 1. The Hall–Kier alpha value is -3.79. The van der Waals surface area contributed by atoms with E-state index >= 15 is 0 Å². The van der Waals surface area contributed by atoms with Gasteiger partial charge in [0, 0.05) is 17.2 Å². The first-order valence-corrected chi connectivity index (χ1v) is 14.4. The van der Waals surface area contributed by atoms with Crippen molar-refractivity contribution in [1.29, 1.82) is 0 Å². The molecule has 0 radical (unpaired) electrons. The summed E-state index contributed by atoms with van der Waals surface area (Å²) >= 11 is 13.4. The zero-order valence-electron chi connectivity index (χ0n) is 22.7. The number of hydrogen-bond donors (Lipinski definition) is 0. The van der Waals surface area contributed by atoms with Gasteiger partial charge in [-0.1, -0.05) is 46.7 Å². The molecule has 1 atom stereocenters. The summed E-state index contributed by atoms with van der Waals surface area (Å²) in [5.41, 5.74) is 1.69. The fourth-order valence-electron chi connectivity index (χ4n) is 4.66. The van der Waals surface area contributed by atoms with Gasteiger partial charge in [0.15, 0.2) is 16.3 Å². The van der Waals surface area contributed by atoms with E-state index in [1.165, 1.54) is 23.0 Å². The van der Waals surface area contributed by atoms with Gasteiger partial charge in [-0.25, -0.2) is 9.79 Å². The van der Waals surface area contributed by atoms with Crippen molar-refractivity contribution in [2.75, 3.05) is 20.3 Å². The number of carbonyl (C=O) groups is 1. The largest absolute Gasteiger partial charge is 0.493 e. The highest BCUT2D eigenvalue weighted by atomic mass is 35.5. The Bertz CT molecular complexity index is 1850. The zero-order chi connectivity index (χ0) is 29.3. The van der Waals surface area contributed by atoms with Crippen LogP contribution in [0.15, 0.2) is 74.0 Å². The first-order valence-electron chi connectivity index (χ1n) is 12.8. The highest BCUT2D eigenvalue weighted by Crippen LogP contribution is 2.40. The molecule has 1 aliphatic rings. The number of rotatable bonds is 8. The molecule has 8 nitrogen and oxygen atoms in total. The lowest BCUT2D eigenvalue weighted by Crippen LogP contribution is -2.40. The van der Waals surface area contributed by atoms with Gasteiger partial charge >= 0.3 is 5.97 Å². The Morgan fingerprint density at radius 1 is 1.12 bits per heavy atom. The molecule has 0 spiro atoms. The minimum Gasteiger partial charge on any atom is -0.493 e. The molecule has 0 unspecified atom stereocenters. The van der Waals surface area contributed by atoms with E-state index in [2.05, 4.69) is 4.99 Å². The number of allylic oxidation sites excluding steroid dienone is 1. The Kier molecular flexibility index (Phi) is 8.40. The quantitative estimate of drug-likeness (QED) is 0.234. The van der Waals surface area contributed by atoms with E-state index in [4.69, 9.17) is 41.8 Å². The fraction of sp³-hybridized carbons (Fsp3) is 0.233. The van der Waals surface area contributed by atoms with Crippen LogP contribution in [-0.2, 0) is 9.53 Å². The van der Waals surface area contributed by atoms with Crippen molar-refractivity contribution >= 4 is 46.6 Å². The molecule has 41 heavy (non-hydrogen) atoms. The number of benzene rings is 2. The summed E-state index contributed by atoms with van der Waals surface area (Å²) in [5, 5.41) is 0.853. The molecular formula is C30H26Cl2N2O6S. The monoisotopic (exact) mass is 612 g/mol. The number of fused-ring (bicyclic) bond motifs is 1. The van der Waals surface area contributed by atoms with Gasteiger partial charge in [-0.15, -0.1) is 0 Å². The Morgan fingerprint density at radius 2 is 1.93 bits per heavy atom. The van der Waals surface area contributed by atoms with Crippen LogP contribution in [0.2, 0.25) is 10.0 Å². The van der Waals surface area contributed by atoms with Gasteiger partial charge in [0.25, 0.3) is 5.56 Å². The van der Waals surface area contributed by atoms with Crippen molar-refractivity contribution in [2.24, 2.45) is 4.99 Å². The van der Waals surface area contributed by atoms with Crippen molar-refractivity contribution in [2.45, 2.75) is 26.8 Å². The van der Waals surface area contributed by atoms with E-state index < -0.39 is 12.0 Å². The molecule has 0 amide bonds. The number of nitrogens with zero attached hydrogens (tertiary/aromatic N) is 2. The molecule has 0 fully saturated rings. The van der Waals surface area contributed by atoms with Crippen molar-refractivity contribution in [3.05, 3.63) is 101 Å². The topological polar surface area (TPSA) is 92.3 Å². The molecule has 4 aromatic rings. The fourth-order valence-corrected chi connectivity index (χ4v) is 5.98. The number of hydrogen-bond acceptors (Lipinski definition) is 8. The Labute approximate surface area is 249 Å². The van der Waals surface area contributed by atoms with E-state index in [1.54, 1.807) is 62.4 Å². The van der Waals surface area contributed by atoms with Gasteiger partial charge in [0.1, 0.15) is 17.6 Å². The molecule has 212 valence electrons. The van der Waals surface area contributed by atoms with E-state index in [-0.39, 0.29) is 17.7 Å².